The molecule has 2 N–H and O–H groups in total. The van der Waals surface area contributed by atoms with Gasteiger partial charge in [-0.2, -0.15) is 5.26 Å². The summed E-state index contributed by atoms with van der Waals surface area (Å²) in [6, 6.07) is 12.6. The molecule has 0 aliphatic carbocycles. The van der Waals surface area contributed by atoms with E-state index < -0.39 is 5.92 Å². The van der Waals surface area contributed by atoms with Gasteiger partial charge < -0.3 is 15.4 Å². The van der Waals surface area contributed by atoms with Gasteiger partial charge in [-0.3, -0.25) is 0 Å². The van der Waals surface area contributed by atoms with Gasteiger partial charge in [-0.1, -0.05) is 12.1 Å². The number of hydrogen-bond donors (Lipinski definition) is 1. The summed E-state index contributed by atoms with van der Waals surface area (Å²) in [5, 5.41) is 9.52. The minimum absolute atomic E-state index is 0.0753. The lowest BCUT2D eigenvalue weighted by Crippen LogP contribution is -2.21. The monoisotopic (exact) mass is 387 g/mol. The molecule has 4 nitrogen and oxygen atoms in total. The van der Waals surface area contributed by atoms with E-state index in [4.69, 9.17) is 10.5 Å². The summed E-state index contributed by atoms with van der Waals surface area (Å²) >= 11 is 3.20. The number of anilines is 1. The fourth-order valence-electron chi connectivity index (χ4n) is 2.76. The second-order valence-electron chi connectivity index (χ2n) is 5.71. The molecule has 0 aromatic heterocycles. The van der Waals surface area contributed by atoms with Gasteiger partial charge in [0.05, 0.1) is 10.4 Å². The van der Waals surface area contributed by atoms with Crippen LogP contribution in [0.4, 0.5) is 10.1 Å². The normalized spacial score (nSPS) is 16.2. The van der Waals surface area contributed by atoms with Gasteiger partial charge >= 0.3 is 0 Å². The molecule has 2 aromatic rings. The highest BCUT2D eigenvalue weighted by Gasteiger charge is 2.31. The molecule has 122 valence electrons. The summed E-state index contributed by atoms with van der Waals surface area (Å²) in [4.78, 5) is 1.95. The van der Waals surface area contributed by atoms with Gasteiger partial charge in [0.1, 0.15) is 23.2 Å². The number of nitrogens with zero attached hydrogens (tertiary/aromatic N) is 2. The van der Waals surface area contributed by atoms with Crippen LogP contribution < -0.4 is 15.4 Å². The van der Waals surface area contributed by atoms with Crippen LogP contribution >= 0.6 is 15.9 Å². The van der Waals surface area contributed by atoms with Crippen molar-refractivity contribution < 1.29 is 9.13 Å². The van der Waals surface area contributed by atoms with Gasteiger partial charge in [-0.15, -0.1) is 0 Å². The van der Waals surface area contributed by atoms with Crippen molar-refractivity contribution in [1.82, 2.24) is 0 Å². The van der Waals surface area contributed by atoms with E-state index in [1.54, 1.807) is 12.1 Å². The van der Waals surface area contributed by atoms with E-state index in [0.717, 1.165) is 16.8 Å². The number of nitrogens with two attached hydrogens (primary N) is 1. The standard InChI is InChI=1S/C18H15BrFN3O/c1-23(2)11-4-5-12-16(8-11)24-18(22)13(9-21)17(12)10-3-6-15(20)14(19)7-10/h3-8,17H,22H2,1-2H3. The summed E-state index contributed by atoms with van der Waals surface area (Å²) in [6.45, 7) is 0. The van der Waals surface area contributed by atoms with E-state index in [1.165, 1.54) is 6.07 Å². The predicted octanol–water partition coefficient (Wildman–Crippen LogP) is 3.87. The van der Waals surface area contributed by atoms with Crippen molar-refractivity contribution in [2.24, 2.45) is 5.73 Å². The maximum Gasteiger partial charge on any atom is 0.205 e. The van der Waals surface area contributed by atoms with Gasteiger partial charge in [0, 0.05) is 31.4 Å². The first-order valence-corrected chi connectivity index (χ1v) is 8.05. The first-order chi connectivity index (χ1) is 11.4. The number of rotatable bonds is 2. The van der Waals surface area contributed by atoms with Crippen molar-refractivity contribution in [2.75, 3.05) is 19.0 Å². The van der Waals surface area contributed by atoms with Gasteiger partial charge in [0.25, 0.3) is 0 Å². The molecule has 1 unspecified atom stereocenters. The van der Waals surface area contributed by atoms with E-state index in [1.807, 2.05) is 37.2 Å². The first kappa shape index (κ1) is 16.3. The molecule has 2 aromatic carbocycles. The molecule has 1 heterocycles. The van der Waals surface area contributed by atoms with Crippen molar-refractivity contribution in [3.05, 3.63) is 69.3 Å². The average Bonchev–Trinajstić information content (AvgIpc) is 2.55. The molecule has 1 aliphatic heterocycles. The Balaban J connectivity index is 2.20. The summed E-state index contributed by atoms with van der Waals surface area (Å²) in [6.07, 6.45) is 0. The summed E-state index contributed by atoms with van der Waals surface area (Å²) in [5.41, 5.74) is 8.83. The van der Waals surface area contributed by atoms with Crippen molar-refractivity contribution >= 4 is 21.6 Å². The lowest BCUT2D eigenvalue weighted by molar-refractivity contribution is 0.394. The van der Waals surface area contributed by atoms with Gasteiger partial charge in [-0.25, -0.2) is 4.39 Å². The Morgan fingerprint density at radius 2 is 2.00 bits per heavy atom. The second-order valence-corrected chi connectivity index (χ2v) is 6.57. The molecule has 0 spiro atoms. The fraction of sp³-hybridized carbons (Fsp3) is 0.167. The molecule has 24 heavy (non-hydrogen) atoms. The van der Waals surface area contributed by atoms with Crippen LogP contribution in [-0.4, -0.2) is 14.1 Å². The molecule has 0 saturated heterocycles. The Morgan fingerprint density at radius 3 is 2.62 bits per heavy atom. The number of hydrogen-bond acceptors (Lipinski definition) is 4. The van der Waals surface area contributed by atoms with Crippen LogP contribution in [0.15, 0.2) is 52.3 Å². The zero-order valence-electron chi connectivity index (χ0n) is 13.2. The molecule has 0 radical (unpaired) electrons. The quantitative estimate of drug-likeness (QED) is 0.849. The van der Waals surface area contributed by atoms with Crippen LogP contribution in [0.1, 0.15) is 17.0 Å². The van der Waals surface area contributed by atoms with E-state index in [-0.39, 0.29) is 11.7 Å². The van der Waals surface area contributed by atoms with Crippen LogP contribution in [0.25, 0.3) is 0 Å². The largest absolute Gasteiger partial charge is 0.440 e. The van der Waals surface area contributed by atoms with Gasteiger partial charge in [-0.05, 0) is 39.7 Å². The van der Waals surface area contributed by atoms with E-state index in [2.05, 4.69) is 22.0 Å². The molecule has 1 atom stereocenters. The predicted molar refractivity (Wildman–Crippen MR) is 94.2 cm³/mol. The Hall–Kier alpha value is -2.52. The van der Waals surface area contributed by atoms with Crippen molar-refractivity contribution in [3.8, 4) is 11.8 Å². The molecule has 0 fully saturated rings. The average molecular weight is 388 g/mol. The molecule has 1 aliphatic rings. The maximum atomic E-state index is 13.6. The molecule has 0 bridgehead atoms. The smallest absolute Gasteiger partial charge is 0.205 e. The maximum absolute atomic E-state index is 13.6. The number of fused-ring (bicyclic) bond motifs is 1. The molecular weight excluding hydrogens is 373 g/mol. The topological polar surface area (TPSA) is 62.3 Å². The molecular formula is C18H15BrFN3O. The Kier molecular flexibility index (Phi) is 4.20. The highest BCUT2D eigenvalue weighted by molar-refractivity contribution is 9.10. The van der Waals surface area contributed by atoms with Crippen LogP contribution in [0.3, 0.4) is 0 Å². The minimum atomic E-state index is -0.396. The van der Waals surface area contributed by atoms with E-state index in [0.29, 0.717) is 15.8 Å². The SMILES string of the molecule is CN(C)c1ccc2c(c1)OC(N)=C(C#N)C2c1ccc(F)c(Br)c1. The third-order valence-corrected chi connectivity index (χ3v) is 4.60. The van der Waals surface area contributed by atoms with Crippen LogP contribution in [-0.2, 0) is 0 Å². The van der Waals surface area contributed by atoms with Crippen molar-refractivity contribution in [3.63, 3.8) is 0 Å². The van der Waals surface area contributed by atoms with Crippen molar-refractivity contribution in [2.45, 2.75) is 5.92 Å². The third-order valence-electron chi connectivity index (χ3n) is 4.00. The lowest BCUT2D eigenvalue weighted by Gasteiger charge is -2.27. The zero-order chi connectivity index (χ0) is 17.4. The van der Waals surface area contributed by atoms with Gasteiger partial charge in [0.15, 0.2) is 0 Å². The summed E-state index contributed by atoms with van der Waals surface area (Å²) in [5.74, 6) is -0.0780. The van der Waals surface area contributed by atoms with E-state index in [9.17, 15) is 9.65 Å². The van der Waals surface area contributed by atoms with Crippen LogP contribution in [0.2, 0.25) is 0 Å². The number of ether oxygens (including phenoxy) is 1. The minimum Gasteiger partial charge on any atom is -0.440 e. The molecule has 0 saturated carbocycles. The lowest BCUT2D eigenvalue weighted by atomic mass is 9.83. The third kappa shape index (κ3) is 2.72. The summed E-state index contributed by atoms with van der Waals surface area (Å²) < 4.78 is 19.6. The molecule has 0 amide bonds. The molecule has 6 heteroatoms. The Labute approximate surface area is 148 Å². The highest BCUT2D eigenvalue weighted by Crippen LogP contribution is 2.43. The van der Waals surface area contributed by atoms with E-state index >= 15 is 0 Å². The Morgan fingerprint density at radius 1 is 1.25 bits per heavy atom. The highest BCUT2D eigenvalue weighted by atomic mass is 79.9. The fourth-order valence-corrected chi connectivity index (χ4v) is 3.15. The van der Waals surface area contributed by atoms with Crippen molar-refractivity contribution in [1.29, 1.82) is 5.26 Å². The first-order valence-electron chi connectivity index (χ1n) is 7.26. The van der Waals surface area contributed by atoms with Crippen LogP contribution in [0.5, 0.6) is 5.75 Å². The second kappa shape index (κ2) is 6.17. The zero-order valence-corrected chi connectivity index (χ0v) is 14.8. The van der Waals surface area contributed by atoms with Crippen LogP contribution in [0, 0.1) is 17.1 Å². The number of benzene rings is 2. The number of halogens is 2. The number of allylic oxidation sites excluding steroid dienone is 1. The Bertz CT molecular complexity index is 886. The van der Waals surface area contributed by atoms with Gasteiger partial charge in [0.2, 0.25) is 5.88 Å². The molecule has 3 rings (SSSR count). The summed E-state index contributed by atoms with van der Waals surface area (Å²) in [7, 11) is 3.86. The number of nitriles is 1.